The van der Waals surface area contributed by atoms with Crippen LogP contribution in [-0.2, 0) is 4.79 Å². The molecule has 0 unspecified atom stereocenters. The summed E-state index contributed by atoms with van der Waals surface area (Å²) >= 11 is 0. The minimum atomic E-state index is -0.423. The van der Waals surface area contributed by atoms with Gasteiger partial charge in [-0.05, 0) is 61.7 Å². The van der Waals surface area contributed by atoms with Crippen LogP contribution in [0.1, 0.15) is 23.6 Å². The van der Waals surface area contributed by atoms with Crippen LogP contribution in [0.25, 0.3) is 6.08 Å². The first-order chi connectivity index (χ1) is 11.5. The number of carbonyl (C=O) groups is 1. The van der Waals surface area contributed by atoms with Gasteiger partial charge in [0.15, 0.2) is 0 Å². The first kappa shape index (κ1) is 17.3. The lowest BCUT2D eigenvalue weighted by atomic mass is 10.1. The zero-order valence-corrected chi connectivity index (χ0v) is 14.1. The predicted octanol–water partition coefficient (Wildman–Crippen LogP) is 4.25. The largest absolute Gasteiger partial charge is 0.494 e. The molecule has 0 bridgehead atoms. The minimum Gasteiger partial charge on any atom is -0.494 e. The lowest BCUT2D eigenvalue weighted by Gasteiger charge is -2.10. The summed E-state index contributed by atoms with van der Waals surface area (Å²) in [4.78, 5) is 12.4. The van der Waals surface area contributed by atoms with Gasteiger partial charge in [-0.15, -0.1) is 0 Å². The van der Waals surface area contributed by atoms with Gasteiger partial charge in [-0.1, -0.05) is 24.3 Å². The van der Waals surface area contributed by atoms with Crippen molar-refractivity contribution in [1.29, 1.82) is 5.26 Å². The SMILES string of the molecule is CCOc1cccc(/C=C(\C#N)C(=O)Nc2cccc(C)c2C)c1. The Balaban J connectivity index is 2.24. The Kier molecular flexibility index (Phi) is 5.75. The van der Waals surface area contributed by atoms with Crippen molar-refractivity contribution >= 4 is 17.7 Å². The van der Waals surface area contributed by atoms with E-state index in [1.807, 2.05) is 63.2 Å². The number of hydrogen-bond donors (Lipinski definition) is 1. The van der Waals surface area contributed by atoms with Gasteiger partial charge in [0.05, 0.1) is 6.61 Å². The summed E-state index contributed by atoms with van der Waals surface area (Å²) < 4.78 is 5.43. The van der Waals surface area contributed by atoms with Gasteiger partial charge < -0.3 is 10.1 Å². The molecule has 2 rings (SSSR count). The summed E-state index contributed by atoms with van der Waals surface area (Å²) in [5.41, 5.74) is 3.57. The molecule has 0 heterocycles. The minimum absolute atomic E-state index is 0.0459. The molecule has 0 atom stereocenters. The molecular weight excluding hydrogens is 300 g/mol. The van der Waals surface area contributed by atoms with Crippen molar-refractivity contribution in [2.45, 2.75) is 20.8 Å². The Morgan fingerprint density at radius 3 is 2.71 bits per heavy atom. The van der Waals surface area contributed by atoms with Gasteiger partial charge in [-0.25, -0.2) is 0 Å². The average molecular weight is 320 g/mol. The fourth-order valence-corrected chi connectivity index (χ4v) is 2.25. The third-order valence-corrected chi connectivity index (χ3v) is 3.70. The molecule has 2 aromatic rings. The second-order valence-corrected chi connectivity index (χ2v) is 5.38. The number of nitriles is 1. The number of amides is 1. The molecule has 0 aromatic heterocycles. The summed E-state index contributed by atoms with van der Waals surface area (Å²) in [6.45, 7) is 6.38. The van der Waals surface area contributed by atoms with Crippen molar-refractivity contribution in [3.05, 3.63) is 64.7 Å². The molecule has 4 heteroatoms. The average Bonchev–Trinajstić information content (AvgIpc) is 2.57. The summed E-state index contributed by atoms with van der Waals surface area (Å²) in [6.07, 6.45) is 1.56. The molecule has 1 amide bonds. The fourth-order valence-electron chi connectivity index (χ4n) is 2.25. The molecule has 0 saturated heterocycles. The van der Waals surface area contributed by atoms with Crippen LogP contribution in [0.5, 0.6) is 5.75 Å². The second kappa shape index (κ2) is 7.98. The van der Waals surface area contributed by atoms with Crippen LogP contribution in [0, 0.1) is 25.2 Å². The van der Waals surface area contributed by atoms with E-state index in [-0.39, 0.29) is 5.57 Å². The van der Waals surface area contributed by atoms with Crippen LogP contribution in [0.4, 0.5) is 5.69 Å². The van der Waals surface area contributed by atoms with Crippen molar-refractivity contribution in [2.24, 2.45) is 0 Å². The number of rotatable bonds is 5. The van der Waals surface area contributed by atoms with E-state index in [1.54, 1.807) is 12.1 Å². The standard InChI is InChI=1S/C20H20N2O2/c1-4-24-18-9-6-8-16(12-18)11-17(13-21)20(23)22-19-10-5-7-14(2)15(19)3/h5-12H,4H2,1-3H3,(H,22,23)/b17-11+. The van der Waals surface area contributed by atoms with E-state index in [0.29, 0.717) is 18.0 Å². The van der Waals surface area contributed by atoms with Crippen molar-refractivity contribution in [3.63, 3.8) is 0 Å². The first-order valence-electron chi connectivity index (χ1n) is 7.77. The molecule has 0 fully saturated rings. The van der Waals surface area contributed by atoms with Crippen LogP contribution in [0.2, 0.25) is 0 Å². The van der Waals surface area contributed by atoms with E-state index in [1.165, 1.54) is 0 Å². The maximum atomic E-state index is 12.4. The topological polar surface area (TPSA) is 62.1 Å². The van der Waals surface area contributed by atoms with Gasteiger partial charge in [-0.3, -0.25) is 4.79 Å². The second-order valence-electron chi connectivity index (χ2n) is 5.38. The van der Waals surface area contributed by atoms with Crippen molar-refractivity contribution in [3.8, 4) is 11.8 Å². The fraction of sp³-hybridized carbons (Fsp3) is 0.200. The van der Waals surface area contributed by atoms with Crippen LogP contribution < -0.4 is 10.1 Å². The highest BCUT2D eigenvalue weighted by molar-refractivity contribution is 6.10. The molecule has 0 saturated carbocycles. The van der Waals surface area contributed by atoms with Gasteiger partial charge >= 0.3 is 0 Å². The lowest BCUT2D eigenvalue weighted by molar-refractivity contribution is -0.112. The lowest BCUT2D eigenvalue weighted by Crippen LogP contribution is -2.14. The van der Waals surface area contributed by atoms with Gasteiger partial charge in [0.25, 0.3) is 5.91 Å². The number of nitrogens with one attached hydrogen (secondary N) is 1. The summed E-state index contributed by atoms with van der Waals surface area (Å²) in [7, 11) is 0. The third kappa shape index (κ3) is 4.23. The summed E-state index contributed by atoms with van der Waals surface area (Å²) in [5.74, 6) is 0.284. The van der Waals surface area contributed by atoms with E-state index in [4.69, 9.17) is 4.74 Å². The Morgan fingerprint density at radius 1 is 1.25 bits per heavy atom. The van der Waals surface area contributed by atoms with Crippen LogP contribution in [0.15, 0.2) is 48.0 Å². The number of anilines is 1. The Bertz CT molecular complexity index is 817. The molecule has 0 aliphatic carbocycles. The van der Waals surface area contributed by atoms with E-state index in [2.05, 4.69) is 5.32 Å². The summed E-state index contributed by atoms with van der Waals surface area (Å²) in [6, 6.07) is 14.9. The van der Waals surface area contributed by atoms with E-state index >= 15 is 0 Å². The number of aryl methyl sites for hydroxylation is 1. The zero-order chi connectivity index (χ0) is 17.5. The molecular formula is C20H20N2O2. The van der Waals surface area contributed by atoms with Gasteiger partial charge in [-0.2, -0.15) is 5.26 Å². The number of ether oxygens (including phenoxy) is 1. The molecule has 0 aliphatic heterocycles. The highest BCUT2D eigenvalue weighted by Crippen LogP contribution is 2.20. The summed E-state index contributed by atoms with van der Waals surface area (Å²) in [5, 5.41) is 12.1. The molecule has 4 nitrogen and oxygen atoms in total. The maximum Gasteiger partial charge on any atom is 0.266 e. The van der Waals surface area contributed by atoms with Crippen molar-refractivity contribution in [1.82, 2.24) is 0 Å². The molecule has 0 radical (unpaired) electrons. The van der Waals surface area contributed by atoms with Crippen molar-refractivity contribution < 1.29 is 9.53 Å². The molecule has 24 heavy (non-hydrogen) atoms. The Labute approximate surface area is 142 Å². The van der Waals surface area contributed by atoms with E-state index < -0.39 is 5.91 Å². The number of carbonyl (C=O) groups excluding carboxylic acids is 1. The van der Waals surface area contributed by atoms with Crippen LogP contribution >= 0.6 is 0 Å². The molecule has 2 aromatic carbocycles. The number of nitrogens with zero attached hydrogens (tertiary/aromatic N) is 1. The van der Waals surface area contributed by atoms with E-state index in [9.17, 15) is 10.1 Å². The number of benzene rings is 2. The Hall–Kier alpha value is -3.06. The molecule has 0 aliphatic rings. The predicted molar refractivity (Wildman–Crippen MR) is 95.7 cm³/mol. The third-order valence-electron chi connectivity index (χ3n) is 3.70. The van der Waals surface area contributed by atoms with Gasteiger partial charge in [0, 0.05) is 5.69 Å². The molecule has 0 spiro atoms. The number of hydrogen-bond acceptors (Lipinski definition) is 3. The molecule has 1 N–H and O–H groups in total. The monoisotopic (exact) mass is 320 g/mol. The van der Waals surface area contributed by atoms with Gasteiger partial charge in [0.2, 0.25) is 0 Å². The van der Waals surface area contributed by atoms with Crippen molar-refractivity contribution in [2.75, 3.05) is 11.9 Å². The normalized spacial score (nSPS) is 10.8. The Morgan fingerprint density at radius 2 is 2.00 bits per heavy atom. The quantitative estimate of drug-likeness (QED) is 0.662. The van der Waals surface area contributed by atoms with Crippen LogP contribution in [-0.4, -0.2) is 12.5 Å². The smallest absolute Gasteiger partial charge is 0.266 e. The van der Waals surface area contributed by atoms with E-state index in [0.717, 1.165) is 16.7 Å². The maximum absolute atomic E-state index is 12.4. The van der Waals surface area contributed by atoms with Crippen LogP contribution in [0.3, 0.4) is 0 Å². The highest BCUT2D eigenvalue weighted by atomic mass is 16.5. The zero-order valence-electron chi connectivity index (χ0n) is 14.1. The first-order valence-corrected chi connectivity index (χ1v) is 7.77. The molecule has 122 valence electrons. The highest BCUT2D eigenvalue weighted by Gasteiger charge is 2.11. The van der Waals surface area contributed by atoms with Gasteiger partial charge in [0.1, 0.15) is 17.4 Å².